The van der Waals surface area contributed by atoms with E-state index in [9.17, 15) is 0 Å². The highest BCUT2D eigenvalue weighted by Gasteiger charge is 2.30. The van der Waals surface area contributed by atoms with Crippen molar-refractivity contribution in [1.29, 1.82) is 0 Å². The summed E-state index contributed by atoms with van der Waals surface area (Å²) in [4.78, 5) is 2.35. The van der Waals surface area contributed by atoms with Crippen LogP contribution in [0.15, 0.2) is 0 Å². The Morgan fingerprint density at radius 3 is 2.78 bits per heavy atom. The van der Waals surface area contributed by atoms with Crippen LogP contribution in [0.4, 0.5) is 5.13 Å². The van der Waals surface area contributed by atoms with Gasteiger partial charge in [0.05, 0.1) is 12.7 Å². The summed E-state index contributed by atoms with van der Waals surface area (Å²) < 4.78 is 5.99. The lowest BCUT2D eigenvalue weighted by molar-refractivity contribution is -0.00921. The van der Waals surface area contributed by atoms with Crippen molar-refractivity contribution in [2.45, 2.75) is 45.1 Å². The number of hydrogen-bond acceptors (Lipinski definition) is 5. The fraction of sp³-hybridized carbons (Fsp3) is 0.846. The van der Waals surface area contributed by atoms with E-state index in [1.54, 1.807) is 11.3 Å². The van der Waals surface area contributed by atoms with Crippen LogP contribution in [0.2, 0.25) is 0 Å². The second-order valence-corrected chi connectivity index (χ2v) is 6.52. The van der Waals surface area contributed by atoms with Gasteiger partial charge in [-0.15, -0.1) is 10.2 Å². The molecule has 0 bridgehead atoms. The van der Waals surface area contributed by atoms with Crippen LogP contribution in [-0.2, 0) is 4.74 Å². The molecule has 0 N–H and O–H groups in total. The van der Waals surface area contributed by atoms with Crippen LogP contribution in [0, 0.1) is 12.8 Å². The molecule has 1 saturated carbocycles. The van der Waals surface area contributed by atoms with Gasteiger partial charge in [0.1, 0.15) is 5.01 Å². The molecule has 1 unspecified atom stereocenters. The molecule has 100 valence electrons. The molecule has 1 aromatic heterocycles. The Hall–Kier alpha value is -0.680. The van der Waals surface area contributed by atoms with Gasteiger partial charge < -0.3 is 9.64 Å². The van der Waals surface area contributed by atoms with Gasteiger partial charge in [0, 0.05) is 13.1 Å². The van der Waals surface area contributed by atoms with E-state index in [1.807, 2.05) is 6.92 Å². The lowest BCUT2D eigenvalue weighted by Gasteiger charge is -2.38. The molecule has 4 nitrogen and oxygen atoms in total. The minimum Gasteiger partial charge on any atom is -0.374 e. The normalized spacial score (nSPS) is 26.5. The number of ether oxygens (including phenoxy) is 1. The smallest absolute Gasteiger partial charge is 0.208 e. The van der Waals surface area contributed by atoms with Gasteiger partial charge in [0.25, 0.3) is 0 Å². The van der Waals surface area contributed by atoms with Crippen LogP contribution in [0.25, 0.3) is 0 Å². The fourth-order valence-corrected chi connectivity index (χ4v) is 3.78. The second-order valence-electron chi connectivity index (χ2n) is 5.36. The largest absolute Gasteiger partial charge is 0.374 e. The van der Waals surface area contributed by atoms with Crippen molar-refractivity contribution in [3.63, 3.8) is 0 Å². The second kappa shape index (κ2) is 5.53. The van der Waals surface area contributed by atoms with E-state index in [4.69, 9.17) is 4.74 Å². The van der Waals surface area contributed by atoms with Crippen molar-refractivity contribution in [3.05, 3.63) is 5.01 Å². The van der Waals surface area contributed by atoms with Gasteiger partial charge >= 0.3 is 0 Å². The molecule has 0 radical (unpaired) electrons. The molecular formula is C13H21N3OS. The van der Waals surface area contributed by atoms with Gasteiger partial charge in [-0.2, -0.15) is 0 Å². The van der Waals surface area contributed by atoms with Gasteiger partial charge in [-0.3, -0.25) is 0 Å². The average molecular weight is 267 g/mol. The first kappa shape index (κ1) is 12.4. The highest BCUT2D eigenvalue weighted by atomic mass is 32.1. The molecule has 0 aromatic carbocycles. The third-order valence-corrected chi connectivity index (χ3v) is 4.95. The van der Waals surface area contributed by atoms with E-state index < -0.39 is 0 Å². The summed E-state index contributed by atoms with van der Waals surface area (Å²) in [6, 6.07) is 0. The maximum absolute atomic E-state index is 5.99. The first-order chi connectivity index (χ1) is 8.83. The standard InChI is InChI=1S/C13H21N3OS/c1-10-14-15-13(18-10)16-7-8-17-12(9-16)11-5-3-2-4-6-11/h11-12H,2-9H2,1H3. The Balaban J connectivity index is 1.64. The minimum atomic E-state index is 0.406. The summed E-state index contributed by atoms with van der Waals surface area (Å²) in [7, 11) is 0. The molecule has 0 spiro atoms. The maximum atomic E-state index is 5.99. The third-order valence-electron chi connectivity index (χ3n) is 4.05. The Morgan fingerprint density at radius 1 is 1.22 bits per heavy atom. The monoisotopic (exact) mass is 267 g/mol. The molecule has 0 amide bonds. The van der Waals surface area contributed by atoms with Crippen LogP contribution in [0.3, 0.4) is 0 Å². The van der Waals surface area contributed by atoms with E-state index in [0.29, 0.717) is 6.10 Å². The SMILES string of the molecule is Cc1nnc(N2CCOC(C3CCCCC3)C2)s1. The first-order valence-corrected chi connectivity index (χ1v) is 7.81. The Kier molecular flexibility index (Phi) is 3.80. The molecule has 1 aliphatic carbocycles. The Morgan fingerprint density at radius 2 is 2.06 bits per heavy atom. The number of anilines is 1. The van der Waals surface area contributed by atoms with Gasteiger partial charge in [-0.1, -0.05) is 30.6 Å². The lowest BCUT2D eigenvalue weighted by atomic mass is 9.84. The van der Waals surface area contributed by atoms with Gasteiger partial charge in [0.15, 0.2) is 0 Å². The molecule has 1 aliphatic heterocycles. The van der Waals surface area contributed by atoms with E-state index in [2.05, 4.69) is 15.1 Å². The molecular weight excluding hydrogens is 246 g/mol. The molecule has 2 aliphatic rings. The number of rotatable bonds is 2. The number of aromatic nitrogens is 2. The van der Waals surface area contributed by atoms with E-state index in [-0.39, 0.29) is 0 Å². The van der Waals surface area contributed by atoms with Crippen molar-refractivity contribution in [2.75, 3.05) is 24.6 Å². The van der Waals surface area contributed by atoms with E-state index >= 15 is 0 Å². The zero-order valence-electron chi connectivity index (χ0n) is 11.0. The van der Waals surface area contributed by atoms with E-state index in [1.165, 1.54) is 32.1 Å². The predicted octanol–water partition coefficient (Wildman–Crippen LogP) is 2.63. The molecule has 3 rings (SSSR count). The average Bonchev–Trinajstić information content (AvgIpc) is 2.87. The summed E-state index contributed by atoms with van der Waals surface area (Å²) >= 11 is 1.69. The van der Waals surface area contributed by atoms with Crippen molar-refractivity contribution >= 4 is 16.5 Å². The van der Waals surface area contributed by atoms with Gasteiger partial charge in [0.2, 0.25) is 5.13 Å². The topological polar surface area (TPSA) is 38.2 Å². The van der Waals surface area contributed by atoms with Crippen molar-refractivity contribution in [1.82, 2.24) is 10.2 Å². The number of aryl methyl sites for hydroxylation is 1. The third kappa shape index (κ3) is 2.67. The number of hydrogen-bond donors (Lipinski definition) is 0. The Labute approximate surface area is 112 Å². The van der Waals surface area contributed by atoms with Crippen LogP contribution < -0.4 is 4.90 Å². The van der Waals surface area contributed by atoms with Crippen LogP contribution in [0.5, 0.6) is 0 Å². The molecule has 2 fully saturated rings. The predicted molar refractivity (Wildman–Crippen MR) is 73.2 cm³/mol. The number of nitrogens with zero attached hydrogens (tertiary/aromatic N) is 3. The fourth-order valence-electron chi connectivity index (χ4n) is 3.05. The highest BCUT2D eigenvalue weighted by molar-refractivity contribution is 7.15. The summed E-state index contributed by atoms with van der Waals surface area (Å²) in [6.45, 7) is 4.80. The van der Waals surface area contributed by atoms with Crippen molar-refractivity contribution in [3.8, 4) is 0 Å². The molecule has 1 saturated heterocycles. The summed E-state index contributed by atoms with van der Waals surface area (Å²) in [5.41, 5.74) is 0. The van der Waals surface area contributed by atoms with Gasteiger partial charge in [-0.25, -0.2) is 0 Å². The zero-order chi connectivity index (χ0) is 12.4. The summed E-state index contributed by atoms with van der Waals surface area (Å²) in [5.74, 6) is 0.760. The lowest BCUT2D eigenvalue weighted by Crippen LogP contribution is -2.46. The summed E-state index contributed by atoms with van der Waals surface area (Å²) in [5, 5.41) is 10.5. The highest BCUT2D eigenvalue weighted by Crippen LogP contribution is 2.31. The van der Waals surface area contributed by atoms with Crippen molar-refractivity contribution < 1.29 is 4.74 Å². The zero-order valence-corrected chi connectivity index (χ0v) is 11.8. The molecule has 2 heterocycles. The maximum Gasteiger partial charge on any atom is 0.208 e. The minimum absolute atomic E-state index is 0.406. The quantitative estimate of drug-likeness (QED) is 0.825. The molecule has 1 aromatic rings. The Bertz CT molecular complexity index is 389. The van der Waals surface area contributed by atoms with E-state index in [0.717, 1.165) is 35.8 Å². The molecule has 18 heavy (non-hydrogen) atoms. The first-order valence-electron chi connectivity index (χ1n) is 6.99. The van der Waals surface area contributed by atoms with Crippen LogP contribution >= 0.6 is 11.3 Å². The van der Waals surface area contributed by atoms with Crippen LogP contribution in [-0.4, -0.2) is 36.0 Å². The molecule has 1 atom stereocenters. The molecule has 5 heteroatoms. The van der Waals surface area contributed by atoms with Crippen molar-refractivity contribution in [2.24, 2.45) is 5.92 Å². The summed E-state index contributed by atoms with van der Waals surface area (Å²) in [6.07, 6.45) is 7.25. The number of morpholine rings is 1. The van der Waals surface area contributed by atoms with Crippen LogP contribution in [0.1, 0.15) is 37.1 Å². The van der Waals surface area contributed by atoms with Gasteiger partial charge in [-0.05, 0) is 25.7 Å².